The molecule has 3 rings (SSSR count). The molecule has 3 heterocycles. The fourth-order valence-electron chi connectivity index (χ4n) is 2.56. The van der Waals surface area contributed by atoms with Gasteiger partial charge in [0.2, 0.25) is 0 Å². The Kier molecular flexibility index (Phi) is 5.47. The topological polar surface area (TPSA) is 89.9 Å². The molecule has 1 aliphatic rings. The normalized spacial score (nSPS) is 17.9. The second-order valence-electron chi connectivity index (χ2n) is 6.13. The molecule has 0 saturated carbocycles. The standard InChI is InChI=1S/C16H21N5O2S/c1-10(2)13-14(24-21-20-13)16(22)19-9-11-7-17-15(18-8-11)12-5-3-4-6-23-12/h7-8,10,12H,3-6,9H2,1-2H3,(H,19,22)/t12-/m1/s1. The van der Waals surface area contributed by atoms with Gasteiger partial charge in [0.05, 0.1) is 5.69 Å². The van der Waals surface area contributed by atoms with Gasteiger partial charge in [-0.05, 0) is 36.7 Å². The number of carbonyl (C=O) groups is 1. The van der Waals surface area contributed by atoms with Gasteiger partial charge in [0.1, 0.15) is 11.0 Å². The second kappa shape index (κ2) is 7.76. The van der Waals surface area contributed by atoms with Crippen LogP contribution in [0.4, 0.5) is 0 Å². The van der Waals surface area contributed by atoms with E-state index < -0.39 is 0 Å². The highest BCUT2D eigenvalue weighted by molar-refractivity contribution is 7.08. The largest absolute Gasteiger partial charge is 0.370 e. The molecule has 0 spiro atoms. The number of carbonyl (C=O) groups excluding carboxylic acids is 1. The molecule has 1 fully saturated rings. The lowest BCUT2D eigenvalue weighted by molar-refractivity contribution is 0.00940. The highest BCUT2D eigenvalue weighted by Crippen LogP contribution is 2.25. The van der Waals surface area contributed by atoms with Crippen molar-refractivity contribution in [1.29, 1.82) is 0 Å². The smallest absolute Gasteiger partial charge is 0.265 e. The summed E-state index contributed by atoms with van der Waals surface area (Å²) in [7, 11) is 0. The summed E-state index contributed by atoms with van der Waals surface area (Å²) in [5.74, 6) is 0.731. The van der Waals surface area contributed by atoms with Crippen LogP contribution in [0.5, 0.6) is 0 Å². The van der Waals surface area contributed by atoms with Crippen molar-refractivity contribution in [3.05, 3.63) is 34.4 Å². The van der Waals surface area contributed by atoms with Crippen molar-refractivity contribution in [3.8, 4) is 0 Å². The number of aromatic nitrogens is 4. The first-order valence-corrected chi connectivity index (χ1v) is 8.95. The van der Waals surface area contributed by atoms with E-state index >= 15 is 0 Å². The van der Waals surface area contributed by atoms with Crippen LogP contribution in [0.3, 0.4) is 0 Å². The number of ether oxygens (including phenoxy) is 1. The third-order valence-corrected chi connectivity index (χ3v) is 4.65. The number of rotatable bonds is 5. The van der Waals surface area contributed by atoms with Gasteiger partial charge in [0.25, 0.3) is 5.91 Å². The molecule has 7 nitrogen and oxygen atoms in total. The van der Waals surface area contributed by atoms with Crippen molar-refractivity contribution in [2.45, 2.75) is 51.7 Å². The van der Waals surface area contributed by atoms with Crippen LogP contribution in [-0.4, -0.2) is 32.1 Å². The van der Waals surface area contributed by atoms with Crippen molar-refractivity contribution in [2.24, 2.45) is 0 Å². The highest BCUT2D eigenvalue weighted by Gasteiger charge is 2.20. The number of nitrogens with zero attached hydrogens (tertiary/aromatic N) is 4. The first-order valence-electron chi connectivity index (χ1n) is 8.18. The van der Waals surface area contributed by atoms with E-state index in [9.17, 15) is 4.79 Å². The molecule has 128 valence electrons. The molecule has 0 radical (unpaired) electrons. The fraction of sp³-hybridized carbons (Fsp3) is 0.562. The van der Waals surface area contributed by atoms with Gasteiger partial charge < -0.3 is 10.1 Å². The zero-order chi connectivity index (χ0) is 16.9. The van der Waals surface area contributed by atoms with Crippen LogP contribution in [0.15, 0.2) is 12.4 Å². The van der Waals surface area contributed by atoms with Crippen LogP contribution in [-0.2, 0) is 11.3 Å². The summed E-state index contributed by atoms with van der Waals surface area (Å²) >= 11 is 1.12. The average molecular weight is 347 g/mol. The van der Waals surface area contributed by atoms with Gasteiger partial charge in [-0.25, -0.2) is 9.97 Å². The highest BCUT2D eigenvalue weighted by atomic mass is 32.1. The van der Waals surface area contributed by atoms with Gasteiger partial charge in [-0.15, -0.1) is 5.10 Å². The van der Waals surface area contributed by atoms with Crippen LogP contribution in [0.2, 0.25) is 0 Å². The molecule has 0 aromatic carbocycles. The monoisotopic (exact) mass is 347 g/mol. The maximum absolute atomic E-state index is 12.3. The number of hydrogen-bond donors (Lipinski definition) is 1. The maximum atomic E-state index is 12.3. The van der Waals surface area contributed by atoms with E-state index in [0.29, 0.717) is 11.4 Å². The maximum Gasteiger partial charge on any atom is 0.265 e. The summed E-state index contributed by atoms with van der Waals surface area (Å²) in [6.45, 7) is 5.13. The predicted molar refractivity (Wildman–Crippen MR) is 89.7 cm³/mol. The third-order valence-electron chi connectivity index (χ3n) is 3.91. The first-order chi connectivity index (χ1) is 11.6. The van der Waals surface area contributed by atoms with Crippen molar-refractivity contribution >= 4 is 17.4 Å². The number of hydrogen-bond acceptors (Lipinski definition) is 7. The van der Waals surface area contributed by atoms with Gasteiger partial charge in [-0.2, -0.15) is 0 Å². The molecular weight excluding hydrogens is 326 g/mol. The summed E-state index contributed by atoms with van der Waals surface area (Å²) in [5.41, 5.74) is 1.59. The third kappa shape index (κ3) is 3.93. The van der Waals surface area contributed by atoms with Crippen molar-refractivity contribution < 1.29 is 9.53 Å². The Morgan fingerprint density at radius 2 is 2.17 bits per heavy atom. The number of amides is 1. The van der Waals surface area contributed by atoms with Gasteiger partial charge in [-0.3, -0.25) is 4.79 Å². The lowest BCUT2D eigenvalue weighted by Gasteiger charge is -2.21. The molecule has 1 saturated heterocycles. The van der Waals surface area contributed by atoms with Gasteiger partial charge >= 0.3 is 0 Å². The molecule has 24 heavy (non-hydrogen) atoms. The lowest BCUT2D eigenvalue weighted by Crippen LogP contribution is -2.23. The Bertz CT molecular complexity index is 680. The Labute approximate surface area is 145 Å². The van der Waals surface area contributed by atoms with Crippen LogP contribution in [0.1, 0.15) is 71.9 Å². The Balaban J connectivity index is 1.58. The summed E-state index contributed by atoms with van der Waals surface area (Å²) < 4.78 is 9.55. The Morgan fingerprint density at radius 3 is 2.83 bits per heavy atom. The fourth-order valence-corrected chi connectivity index (χ4v) is 3.30. The summed E-state index contributed by atoms with van der Waals surface area (Å²) in [4.78, 5) is 21.6. The molecule has 8 heteroatoms. The summed E-state index contributed by atoms with van der Waals surface area (Å²) in [6.07, 6.45) is 6.70. The molecule has 2 aromatic rings. The predicted octanol–water partition coefficient (Wildman–Crippen LogP) is 2.62. The van der Waals surface area contributed by atoms with Crippen molar-refractivity contribution in [3.63, 3.8) is 0 Å². The quantitative estimate of drug-likeness (QED) is 0.894. The van der Waals surface area contributed by atoms with Gasteiger partial charge in [-0.1, -0.05) is 18.3 Å². The van der Waals surface area contributed by atoms with Crippen molar-refractivity contribution in [2.75, 3.05) is 6.61 Å². The molecule has 1 amide bonds. The van der Waals surface area contributed by atoms with Crippen LogP contribution in [0.25, 0.3) is 0 Å². The van der Waals surface area contributed by atoms with E-state index in [1.807, 2.05) is 13.8 Å². The zero-order valence-electron chi connectivity index (χ0n) is 13.9. The van der Waals surface area contributed by atoms with E-state index in [2.05, 4.69) is 24.9 Å². The minimum Gasteiger partial charge on any atom is -0.370 e. The molecule has 0 bridgehead atoms. The Hall–Kier alpha value is -1.93. The average Bonchev–Trinajstić information content (AvgIpc) is 3.11. The molecule has 1 aliphatic heterocycles. The summed E-state index contributed by atoms with van der Waals surface area (Å²) in [6, 6.07) is 0. The van der Waals surface area contributed by atoms with E-state index in [0.717, 1.165) is 54.5 Å². The lowest BCUT2D eigenvalue weighted by atomic mass is 10.1. The first kappa shape index (κ1) is 16.9. The minimum absolute atomic E-state index is 0.000686. The Morgan fingerprint density at radius 1 is 1.38 bits per heavy atom. The van der Waals surface area contributed by atoms with Crippen LogP contribution in [0, 0.1) is 0 Å². The molecule has 1 atom stereocenters. The SMILES string of the molecule is CC(C)c1nnsc1C(=O)NCc1cnc([C@H]2CCCCO2)nc1. The molecule has 0 unspecified atom stereocenters. The van der Waals surface area contributed by atoms with E-state index in [1.165, 1.54) is 0 Å². The van der Waals surface area contributed by atoms with E-state index in [4.69, 9.17) is 4.74 Å². The van der Waals surface area contributed by atoms with Crippen LogP contribution < -0.4 is 5.32 Å². The minimum atomic E-state index is -0.159. The molecule has 1 N–H and O–H groups in total. The molecular formula is C16H21N5O2S. The second-order valence-corrected chi connectivity index (χ2v) is 6.88. The van der Waals surface area contributed by atoms with Crippen molar-refractivity contribution in [1.82, 2.24) is 24.9 Å². The zero-order valence-corrected chi connectivity index (χ0v) is 14.7. The van der Waals surface area contributed by atoms with Crippen LogP contribution >= 0.6 is 11.5 Å². The van der Waals surface area contributed by atoms with E-state index in [-0.39, 0.29) is 17.9 Å². The van der Waals surface area contributed by atoms with Gasteiger partial charge in [0, 0.05) is 31.1 Å². The van der Waals surface area contributed by atoms with Gasteiger partial charge in [0.15, 0.2) is 5.82 Å². The molecule has 2 aromatic heterocycles. The summed E-state index contributed by atoms with van der Waals surface area (Å²) in [5, 5.41) is 6.90. The number of nitrogens with one attached hydrogen (secondary N) is 1. The van der Waals surface area contributed by atoms with E-state index in [1.54, 1.807) is 12.4 Å². The molecule has 0 aliphatic carbocycles.